The summed E-state index contributed by atoms with van der Waals surface area (Å²) in [7, 11) is 0. The molecule has 0 spiro atoms. The van der Waals surface area contributed by atoms with Crippen molar-refractivity contribution in [2.45, 2.75) is 23.3 Å². The Hall–Kier alpha value is -1.42. The minimum absolute atomic E-state index is 0.0583. The van der Waals surface area contributed by atoms with Gasteiger partial charge >= 0.3 is 5.69 Å². The molecule has 0 saturated carbocycles. The number of nitrogen functional groups attached to an aromatic ring is 1. The largest absolute Gasteiger partial charge is 0.393 e. The van der Waals surface area contributed by atoms with Crippen LogP contribution < -0.4 is 11.4 Å². The fourth-order valence-corrected chi connectivity index (χ4v) is 2.01. The Labute approximate surface area is 112 Å². The predicted octanol–water partition coefficient (Wildman–Crippen LogP) is -0.782. The lowest BCUT2D eigenvalue weighted by Gasteiger charge is -2.17. The molecule has 2 heterocycles. The number of ether oxygens (including phenoxy) is 1. The van der Waals surface area contributed by atoms with Crippen LogP contribution in [0.1, 0.15) is 6.23 Å². The van der Waals surface area contributed by atoms with Crippen molar-refractivity contribution in [1.29, 1.82) is 0 Å². The molecule has 1 aromatic rings. The molecule has 1 aromatic heterocycles. The third-order valence-corrected chi connectivity index (χ3v) is 3.16. The molecule has 0 bridgehead atoms. The summed E-state index contributed by atoms with van der Waals surface area (Å²) in [5.41, 5.74) is 4.51. The first-order valence-corrected chi connectivity index (χ1v) is 5.76. The Morgan fingerprint density at radius 1 is 1.68 bits per heavy atom. The van der Waals surface area contributed by atoms with Crippen LogP contribution in [0.15, 0.2) is 27.8 Å². The van der Waals surface area contributed by atoms with Crippen LogP contribution >= 0.6 is 12.6 Å². The van der Waals surface area contributed by atoms with Crippen LogP contribution in [0.2, 0.25) is 0 Å². The van der Waals surface area contributed by atoms with Crippen molar-refractivity contribution in [3.05, 3.63) is 28.6 Å². The van der Waals surface area contributed by atoms with E-state index in [9.17, 15) is 14.3 Å². The first-order valence-electron chi connectivity index (χ1n) is 5.31. The Bertz CT molecular complexity index is 576. The summed E-state index contributed by atoms with van der Waals surface area (Å²) in [5, 5.41) is 18.9. The number of aliphatic hydroxyl groups excluding tert-OH is 2. The lowest BCUT2D eigenvalue weighted by atomic mass is 10.1. The van der Waals surface area contributed by atoms with Gasteiger partial charge in [-0.1, -0.05) is 0 Å². The number of anilines is 1. The van der Waals surface area contributed by atoms with Gasteiger partial charge in [0.25, 0.3) is 0 Å². The number of rotatable bonds is 2. The van der Waals surface area contributed by atoms with E-state index >= 15 is 0 Å². The van der Waals surface area contributed by atoms with Crippen molar-refractivity contribution in [2.75, 3.05) is 12.3 Å². The molecule has 9 heteroatoms. The maximum Gasteiger partial charge on any atom is 0.351 e. The number of aromatic nitrogens is 2. The lowest BCUT2D eigenvalue weighted by Crippen LogP contribution is -2.32. The average Bonchev–Trinajstić information content (AvgIpc) is 2.70. The summed E-state index contributed by atoms with van der Waals surface area (Å²) >= 11 is 4.01. The number of nitrogens with zero attached hydrogens (tertiary/aromatic N) is 2. The number of halogens is 1. The van der Waals surface area contributed by atoms with Gasteiger partial charge in [0.15, 0.2) is 6.23 Å². The summed E-state index contributed by atoms with van der Waals surface area (Å²) in [6.45, 7) is -0.520. The molecular weight excluding hydrogens is 277 g/mol. The van der Waals surface area contributed by atoms with Crippen LogP contribution in [0.25, 0.3) is 0 Å². The van der Waals surface area contributed by atoms with E-state index < -0.39 is 30.7 Å². The van der Waals surface area contributed by atoms with Crippen molar-refractivity contribution in [3.63, 3.8) is 0 Å². The summed E-state index contributed by atoms with van der Waals surface area (Å²) in [6.07, 6.45) is -2.22. The number of aliphatic hydroxyl groups is 2. The zero-order chi connectivity index (χ0) is 14.2. The third-order valence-electron chi connectivity index (χ3n) is 2.81. The van der Waals surface area contributed by atoms with Gasteiger partial charge in [0.1, 0.15) is 18.0 Å². The van der Waals surface area contributed by atoms with E-state index in [2.05, 4.69) is 17.6 Å². The second-order valence-electron chi connectivity index (χ2n) is 3.95. The van der Waals surface area contributed by atoms with Crippen molar-refractivity contribution in [2.24, 2.45) is 0 Å². The van der Waals surface area contributed by atoms with Gasteiger partial charge in [-0.3, -0.25) is 4.57 Å². The number of hydrogen-bond donors (Lipinski definition) is 4. The van der Waals surface area contributed by atoms with Gasteiger partial charge in [-0.2, -0.15) is 4.98 Å². The molecule has 104 valence electrons. The molecule has 0 aromatic carbocycles. The van der Waals surface area contributed by atoms with E-state index in [-0.39, 0.29) is 22.6 Å². The normalized spacial score (nSPS) is 29.1. The van der Waals surface area contributed by atoms with Crippen molar-refractivity contribution < 1.29 is 19.3 Å². The highest BCUT2D eigenvalue weighted by molar-refractivity contribution is 7.80. The van der Waals surface area contributed by atoms with Gasteiger partial charge in [-0.05, 0) is 0 Å². The van der Waals surface area contributed by atoms with Gasteiger partial charge in [0.2, 0.25) is 0 Å². The molecule has 1 aliphatic rings. The van der Waals surface area contributed by atoms with Crippen LogP contribution in [0.5, 0.6) is 0 Å². The molecule has 2 rings (SSSR count). The highest BCUT2D eigenvalue weighted by atomic mass is 32.1. The van der Waals surface area contributed by atoms with E-state index in [4.69, 9.17) is 15.6 Å². The van der Waals surface area contributed by atoms with Gasteiger partial charge in [-0.25, -0.2) is 9.18 Å². The van der Waals surface area contributed by atoms with E-state index in [1.165, 1.54) is 6.20 Å². The first kappa shape index (κ1) is 14.0. The standard InChI is InChI=1S/C10H12FN3O4S/c11-1-4-5(3-15)18-9(7(4)16)14-2-6(19)8(12)13-10(14)17/h1-2,5,7,9,15-16,19H,3H2,(H2,12,13,17). The number of thiol groups is 1. The minimum atomic E-state index is -1.40. The van der Waals surface area contributed by atoms with Crippen LogP contribution in [0.4, 0.5) is 10.2 Å². The number of nitrogens with two attached hydrogens (primary N) is 1. The maximum atomic E-state index is 12.7. The van der Waals surface area contributed by atoms with Gasteiger partial charge < -0.3 is 20.7 Å². The Kier molecular flexibility index (Phi) is 3.90. The zero-order valence-corrected chi connectivity index (χ0v) is 10.5. The highest BCUT2D eigenvalue weighted by Crippen LogP contribution is 2.33. The molecule has 7 nitrogen and oxygen atoms in total. The Morgan fingerprint density at radius 2 is 2.37 bits per heavy atom. The van der Waals surface area contributed by atoms with Crippen LogP contribution in [0.3, 0.4) is 0 Å². The Balaban J connectivity index is 2.44. The summed E-state index contributed by atoms with van der Waals surface area (Å²) < 4.78 is 18.8. The molecule has 3 atom stereocenters. The molecule has 1 saturated heterocycles. The zero-order valence-electron chi connectivity index (χ0n) is 9.60. The van der Waals surface area contributed by atoms with Crippen molar-refractivity contribution in [3.8, 4) is 0 Å². The van der Waals surface area contributed by atoms with Gasteiger partial charge in [0.05, 0.1) is 17.8 Å². The molecule has 1 fully saturated rings. The second kappa shape index (κ2) is 5.29. The van der Waals surface area contributed by atoms with Gasteiger partial charge in [0, 0.05) is 11.8 Å². The minimum Gasteiger partial charge on any atom is -0.393 e. The molecular formula is C10H12FN3O4S. The van der Waals surface area contributed by atoms with Crippen molar-refractivity contribution >= 4 is 18.4 Å². The molecule has 19 heavy (non-hydrogen) atoms. The maximum absolute atomic E-state index is 12.7. The fraction of sp³-hybridized carbons (Fsp3) is 0.400. The second-order valence-corrected chi connectivity index (χ2v) is 4.43. The van der Waals surface area contributed by atoms with E-state index in [0.29, 0.717) is 0 Å². The molecule has 3 unspecified atom stereocenters. The molecule has 4 N–H and O–H groups in total. The van der Waals surface area contributed by atoms with Gasteiger partial charge in [-0.15, -0.1) is 12.6 Å². The van der Waals surface area contributed by atoms with Crippen LogP contribution in [-0.2, 0) is 4.74 Å². The van der Waals surface area contributed by atoms with Crippen LogP contribution in [0, 0.1) is 0 Å². The quantitative estimate of drug-likeness (QED) is 0.532. The highest BCUT2D eigenvalue weighted by Gasteiger charge is 2.40. The number of hydrogen-bond acceptors (Lipinski definition) is 7. The fourth-order valence-electron chi connectivity index (χ4n) is 1.83. The predicted molar refractivity (Wildman–Crippen MR) is 66.4 cm³/mol. The lowest BCUT2D eigenvalue weighted by molar-refractivity contribution is -0.0530. The summed E-state index contributed by atoms with van der Waals surface area (Å²) in [4.78, 5) is 15.4. The topological polar surface area (TPSA) is 111 Å². The van der Waals surface area contributed by atoms with E-state index in [0.717, 1.165) is 4.57 Å². The first-order chi connectivity index (χ1) is 8.99. The van der Waals surface area contributed by atoms with E-state index in [1.807, 2.05) is 0 Å². The monoisotopic (exact) mass is 289 g/mol. The summed E-state index contributed by atoms with van der Waals surface area (Å²) in [5.74, 6) is -0.0583. The average molecular weight is 289 g/mol. The van der Waals surface area contributed by atoms with Crippen LogP contribution in [-0.4, -0.2) is 38.6 Å². The SMILES string of the molecule is Nc1nc(=O)n(C2OC(CO)C(=CF)C2O)cc1S. The van der Waals surface area contributed by atoms with E-state index in [1.54, 1.807) is 0 Å². The smallest absolute Gasteiger partial charge is 0.351 e. The van der Waals surface area contributed by atoms with Crippen molar-refractivity contribution in [1.82, 2.24) is 9.55 Å². The summed E-state index contributed by atoms with van der Waals surface area (Å²) in [6, 6.07) is 0. The Morgan fingerprint density at radius 3 is 2.89 bits per heavy atom. The molecule has 0 radical (unpaired) electrons. The molecule has 0 aliphatic carbocycles. The third kappa shape index (κ3) is 2.37. The molecule has 0 amide bonds. The molecule has 1 aliphatic heterocycles.